The van der Waals surface area contributed by atoms with E-state index in [1.807, 2.05) is 6.21 Å². The van der Waals surface area contributed by atoms with Crippen LogP contribution in [0.15, 0.2) is 16.3 Å². The molecule has 2 nitrogen and oxygen atoms in total. The lowest BCUT2D eigenvalue weighted by Gasteiger charge is -2.00. The predicted octanol–water partition coefficient (Wildman–Crippen LogP) is 1.77. The lowest BCUT2D eigenvalue weighted by Crippen LogP contribution is -1.92. The molecule has 0 spiro atoms. The van der Waals surface area contributed by atoms with E-state index in [0.29, 0.717) is 6.61 Å². The Kier molecular flexibility index (Phi) is 2.63. The second-order valence-corrected chi connectivity index (χ2v) is 2.35. The van der Waals surface area contributed by atoms with Crippen molar-refractivity contribution in [2.75, 3.05) is 13.7 Å². The highest BCUT2D eigenvalue weighted by Crippen LogP contribution is 2.18. The molecule has 0 aromatic rings. The number of allylic oxidation sites excluding steroid dienone is 1. The first-order chi connectivity index (χ1) is 4.88. The van der Waals surface area contributed by atoms with Gasteiger partial charge in [-0.1, -0.05) is 6.92 Å². The van der Waals surface area contributed by atoms with E-state index in [-0.39, 0.29) is 0 Å². The highest BCUT2D eigenvalue weighted by Gasteiger charge is 2.07. The minimum absolute atomic E-state index is 0.666. The zero-order chi connectivity index (χ0) is 7.40. The molecule has 1 aliphatic heterocycles. The Labute approximate surface area is 61.6 Å². The maximum atomic E-state index is 4.99. The topological polar surface area (TPSA) is 21.6 Å². The van der Waals surface area contributed by atoms with Gasteiger partial charge in [0.25, 0.3) is 0 Å². The average molecular weight is 139 g/mol. The van der Waals surface area contributed by atoms with Crippen molar-refractivity contribution in [3.63, 3.8) is 0 Å². The van der Waals surface area contributed by atoms with Gasteiger partial charge < -0.3 is 4.74 Å². The van der Waals surface area contributed by atoms with Crippen LogP contribution in [0.4, 0.5) is 0 Å². The highest BCUT2D eigenvalue weighted by atomic mass is 16.5. The van der Waals surface area contributed by atoms with Crippen LogP contribution < -0.4 is 0 Å². The number of nitrogens with zero attached hydrogens (tertiary/aromatic N) is 1. The summed E-state index contributed by atoms with van der Waals surface area (Å²) in [6.07, 6.45) is 4.07. The zero-order valence-corrected chi connectivity index (χ0v) is 6.55. The van der Waals surface area contributed by atoms with E-state index in [2.05, 4.69) is 11.9 Å². The molecule has 0 N–H and O–H groups in total. The Balaban J connectivity index is 2.57. The third-order valence-corrected chi connectivity index (χ3v) is 1.70. The molecule has 56 valence electrons. The normalized spacial score (nSPS) is 17.0. The fourth-order valence-corrected chi connectivity index (χ4v) is 1.10. The van der Waals surface area contributed by atoms with Gasteiger partial charge in [0.1, 0.15) is 0 Å². The molecule has 0 saturated heterocycles. The van der Waals surface area contributed by atoms with Crippen molar-refractivity contribution in [3.8, 4) is 0 Å². The second kappa shape index (κ2) is 3.52. The zero-order valence-electron chi connectivity index (χ0n) is 6.55. The number of rotatable bonds is 3. The van der Waals surface area contributed by atoms with Crippen LogP contribution in [0, 0.1) is 0 Å². The molecule has 0 aromatic heterocycles. The molecule has 1 heterocycles. The van der Waals surface area contributed by atoms with Crippen molar-refractivity contribution in [1.82, 2.24) is 0 Å². The van der Waals surface area contributed by atoms with E-state index in [9.17, 15) is 0 Å². The molecule has 0 aliphatic carbocycles. The van der Waals surface area contributed by atoms with Crippen molar-refractivity contribution >= 4 is 6.21 Å². The van der Waals surface area contributed by atoms with Crippen molar-refractivity contribution < 1.29 is 4.74 Å². The minimum atomic E-state index is 0.666. The van der Waals surface area contributed by atoms with Gasteiger partial charge >= 0.3 is 0 Å². The third kappa shape index (κ3) is 1.45. The van der Waals surface area contributed by atoms with Crippen LogP contribution in [0.2, 0.25) is 0 Å². The Bertz CT molecular complexity index is 170. The molecule has 0 amide bonds. The smallest absolute Gasteiger partial charge is 0.0883 e. The molecule has 0 saturated carbocycles. The van der Waals surface area contributed by atoms with Crippen molar-refractivity contribution in [3.05, 3.63) is 11.3 Å². The first-order valence-corrected chi connectivity index (χ1v) is 3.60. The summed E-state index contributed by atoms with van der Waals surface area (Å²) in [6.45, 7) is 2.82. The van der Waals surface area contributed by atoms with Crippen molar-refractivity contribution in [2.24, 2.45) is 4.99 Å². The molecule has 0 bridgehead atoms. The maximum absolute atomic E-state index is 4.99. The predicted molar refractivity (Wildman–Crippen MR) is 42.3 cm³/mol. The van der Waals surface area contributed by atoms with Gasteiger partial charge in [-0.05, 0) is 12.0 Å². The molecular formula is C8H13NO. The van der Waals surface area contributed by atoms with Crippen LogP contribution in [0.1, 0.15) is 19.8 Å². The average Bonchev–Trinajstić information content (AvgIpc) is 2.36. The number of hydrogen-bond acceptors (Lipinski definition) is 2. The summed E-state index contributed by atoms with van der Waals surface area (Å²) in [5.41, 5.74) is 2.55. The van der Waals surface area contributed by atoms with Crippen LogP contribution in [0.25, 0.3) is 0 Å². The van der Waals surface area contributed by atoms with Gasteiger partial charge in [0.2, 0.25) is 0 Å². The summed E-state index contributed by atoms with van der Waals surface area (Å²) in [7, 11) is 1.70. The Morgan fingerprint density at radius 2 is 2.50 bits per heavy atom. The number of aliphatic imine (C=N–C) groups is 1. The van der Waals surface area contributed by atoms with E-state index < -0.39 is 0 Å². The molecular weight excluding hydrogens is 126 g/mol. The van der Waals surface area contributed by atoms with Gasteiger partial charge in [0, 0.05) is 19.7 Å². The third-order valence-electron chi connectivity index (χ3n) is 1.70. The SMILES string of the molecule is CCC1=C(COC)N=CC1. The summed E-state index contributed by atoms with van der Waals surface area (Å²) in [6, 6.07) is 0. The van der Waals surface area contributed by atoms with E-state index in [0.717, 1.165) is 18.5 Å². The molecule has 0 fully saturated rings. The minimum Gasteiger partial charge on any atom is -0.378 e. The van der Waals surface area contributed by atoms with Gasteiger partial charge in [-0.15, -0.1) is 0 Å². The lowest BCUT2D eigenvalue weighted by molar-refractivity contribution is 0.224. The van der Waals surface area contributed by atoms with Gasteiger partial charge in [0.15, 0.2) is 0 Å². The van der Waals surface area contributed by atoms with E-state index in [4.69, 9.17) is 4.74 Å². The lowest BCUT2D eigenvalue weighted by atomic mass is 10.1. The molecule has 0 radical (unpaired) electrons. The summed E-state index contributed by atoms with van der Waals surface area (Å²) >= 11 is 0. The van der Waals surface area contributed by atoms with Crippen LogP contribution in [-0.2, 0) is 4.74 Å². The van der Waals surface area contributed by atoms with E-state index in [1.54, 1.807) is 7.11 Å². The number of methoxy groups -OCH3 is 1. The van der Waals surface area contributed by atoms with Gasteiger partial charge in [-0.3, -0.25) is 4.99 Å². The van der Waals surface area contributed by atoms with Crippen LogP contribution in [0.3, 0.4) is 0 Å². The van der Waals surface area contributed by atoms with Gasteiger partial charge in [-0.2, -0.15) is 0 Å². The quantitative estimate of drug-likeness (QED) is 0.584. The maximum Gasteiger partial charge on any atom is 0.0883 e. The standard InChI is InChI=1S/C8H13NO/c1-3-7-4-5-9-8(7)6-10-2/h5H,3-4,6H2,1-2H3. The van der Waals surface area contributed by atoms with Crippen molar-refractivity contribution in [1.29, 1.82) is 0 Å². The summed E-state index contributed by atoms with van der Waals surface area (Å²) < 4.78 is 4.99. The Hall–Kier alpha value is -0.630. The van der Waals surface area contributed by atoms with E-state index >= 15 is 0 Å². The van der Waals surface area contributed by atoms with Gasteiger partial charge in [-0.25, -0.2) is 0 Å². The monoisotopic (exact) mass is 139 g/mol. The highest BCUT2D eigenvalue weighted by molar-refractivity contribution is 5.67. The fraction of sp³-hybridized carbons (Fsp3) is 0.625. The summed E-state index contributed by atoms with van der Waals surface area (Å²) in [4.78, 5) is 4.21. The van der Waals surface area contributed by atoms with E-state index in [1.165, 1.54) is 5.57 Å². The van der Waals surface area contributed by atoms with Crippen LogP contribution in [0.5, 0.6) is 0 Å². The largest absolute Gasteiger partial charge is 0.378 e. The first-order valence-electron chi connectivity index (χ1n) is 3.60. The van der Waals surface area contributed by atoms with Gasteiger partial charge in [0.05, 0.1) is 12.3 Å². The van der Waals surface area contributed by atoms with Crippen LogP contribution in [-0.4, -0.2) is 19.9 Å². The van der Waals surface area contributed by atoms with Crippen LogP contribution >= 0.6 is 0 Å². The first kappa shape index (κ1) is 7.48. The number of ether oxygens (including phenoxy) is 1. The molecule has 0 aromatic carbocycles. The molecule has 1 aliphatic rings. The molecule has 0 unspecified atom stereocenters. The number of hydrogen-bond donors (Lipinski definition) is 0. The Morgan fingerprint density at radius 3 is 3.10 bits per heavy atom. The Morgan fingerprint density at radius 1 is 1.70 bits per heavy atom. The summed E-state index contributed by atoms with van der Waals surface area (Å²) in [5.74, 6) is 0. The molecule has 10 heavy (non-hydrogen) atoms. The fourth-order valence-electron chi connectivity index (χ4n) is 1.10. The van der Waals surface area contributed by atoms with Crippen molar-refractivity contribution in [2.45, 2.75) is 19.8 Å². The summed E-state index contributed by atoms with van der Waals surface area (Å²) in [5, 5.41) is 0. The molecule has 1 rings (SSSR count). The molecule has 0 atom stereocenters. The second-order valence-electron chi connectivity index (χ2n) is 2.35. The molecule has 2 heteroatoms.